The summed E-state index contributed by atoms with van der Waals surface area (Å²) in [5, 5.41) is 10.4. The Morgan fingerprint density at radius 1 is 1.04 bits per heavy atom. The lowest BCUT2D eigenvalue weighted by Crippen LogP contribution is -2.29. The number of rotatable bonds is 5. The molecule has 11 heteroatoms. The van der Waals surface area contributed by atoms with Crippen LogP contribution in [0.2, 0.25) is 0 Å². The fourth-order valence-electron chi connectivity index (χ4n) is 1.60. The molecule has 5 nitrogen and oxygen atoms in total. The molecule has 0 saturated carbocycles. The molecule has 0 aromatic heterocycles. The number of amides is 1. The SMILES string of the molecule is N#CCCNC(=O)COC(=O)c1cc(C(F)(F)F)cc(C(F)(F)F)c1. The molecule has 0 spiro atoms. The Morgan fingerprint density at radius 3 is 2.00 bits per heavy atom. The van der Waals surface area contributed by atoms with Crippen LogP contribution in [-0.4, -0.2) is 25.0 Å². The van der Waals surface area contributed by atoms with Gasteiger partial charge in [-0.1, -0.05) is 0 Å². The van der Waals surface area contributed by atoms with Gasteiger partial charge in [0.05, 0.1) is 29.2 Å². The van der Waals surface area contributed by atoms with Crippen LogP contribution < -0.4 is 5.32 Å². The van der Waals surface area contributed by atoms with Gasteiger partial charge >= 0.3 is 18.3 Å². The van der Waals surface area contributed by atoms with E-state index in [2.05, 4.69) is 10.1 Å². The molecule has 1 rings (SSSR count). The smallest absolute Gasteiger partial charge is 0.416 e. The fraction of sp³-hybridized carbons (Fsp3) is 0.357. The van der Waals surface area contributed by atoms with Gasteiger partial charge < -0.3 is 10.1 Å². The third-order valence-corrected chi connectivity index (χ3v) is 2.72. The van der Waals surface area contributed by atoms with Crippen molar-refractivity contribution in [3.63, 3.8) is 0 Å². The van der Waals surface area contributed by atoms with Crippen molar-refractivity contribution in [1.82, 2.24) is 5.32 Å². The van der Waals surface area contributed by atoms with E-state index in [4.69, 9.17) is 5.26 Å². The Bertz CT molecular complexity index is 659. The highest BCUT2D eigenvalue weighted by Gasteiger charge is 2.37. The average molecular weight is 368 g/mol. The van der Waals surface area contributed by atoms with Gasteiger partial charge in [0, 0.05) is 6.54 Å². The highest BCUT2D eigenvalue weighted by molar-refractivity contribution is 5.91. The van der Waals surface area contributed by atoms with Gasteiger partial charge in [-0.3, -0.25) is 4.79 Å². The van der Waals surface area contributed by atoms with Crippen molar-refractivity contribution in [3.05, 3.63) is 34.9 Å². The highest BCUT2D eigenvalue weighted by Crippen LogP contribution is 2.36. The number of ether oxygens (including phenoxy) is 1. The first kappa shape index (κ1) is 20.3. The summed E-state index contributed by atoms with van der Waals surface area (Å²) in [6, 6.07) is 1.98. The summed E-state index contributed by atoms with van der Waals surface area (Å²) in [6.45, 7) is -0.962. The number of nitrogens with one attached hydrogen (secondary N) is 1. The lowest BCUT2D eigenvalue weighted by atomic mass is 10.0. The Balaban J connectivity index is 2.94. The largest absolute Gasteiger partial charge is 0.452 e. The maximum atomic E-state index is 12.7. The minimum absolute atomic E-state index is 0.0255. The number of alkyl halides is 6. The van der Waals surface area contributed by atoms with Crippen LogP contribution >= 0.6 is 0 Å². The van der Waals surface area contributed by atoms with Gasteiger partial charge in [0.15, 0.2) is 6.61 Å². The van der Waals surface area contributed by atoms with Crippen LogP contribution in [0.4, 0.5) is 26.3 Å². The minimum Gasteiger partial charge on any atom is -0.452 e. The van der Waals surface area contributed by atoms with Gasteiger partial charge in [-0.15, -0.1) is 0 Å². The number of hydrogen-bond acceptors (Lipinski definition) is 4. The minimum atomic E-state index is -5.11. The molecular formula is C14H10F6N2O3. The van der Waals surface area contributed by atoms with Crippen LogP contribution in [0.25, 0.3) is 0 Å². The summed E-state index contributed by atoms with van der Waals surface area (Å²) in [4.78, 5) is 22.9. The van der Waals surface area contributed by atoms with E-state index in [1.807, 2.05) is 0 Å². The fourth-order valence-corrected chi connectivity index (χ4v) is 1.60. The average Bonchev–Trinajstić information content (AvgIpc) is 2.50. The topological polar surface area (TPSA) is 79.2 Å². The van der Waals surface area contributed by atoms with E-state index in [0.717, 1.165) is 0 Å². The predicted octanol–water partition coefficient (Wildman–Crippen LogP) is 2.91. The molecular weight excluding hydrogens is 358 g/mol. The second-order valence-electron chi connectivity index (χ2n) is 4.63. The number of esters is 1. The van der Waals surface area contributed by atoms with Crippen LogP contribution in [0.1, 0.15) is 27.9 Å². The maximum absolute atomic E-state index is 12.7. The van der Waals surface area contributed by atoms with Crippen LogP contribution in [0.15, 0.2) is 18.2 Å². The molecule has 1 amide bonds. The quantitative estimate of drug-likeness (QED) is 0.492. The summed E-state index contributed by atoms with van der Waals surface area (Å²) in [6.07, 6.45) is -10.2. The summed E-state index contributed by atoms with van der Waals surface area (Å²) < 4.78 is 80.4. The first-order chi connectivity index (χ1) is 11.4. The predicted molar refractivity (Wildman–Crippen MR) is 70.0 cm³/mol. The Morgan fingerprint density at radius 2 is 1.56 bits per heavy atom. The van der Waals surface area contributed by atoms with E-state index < -0.39 is 47.5 Å². The number of carbonyl (C=O) groups is 2. The molecule has 25 heavy (non-hydrogen) atoms. The molecule has 1 aromatic carbocycles. The molecule has 0 aliphatic heterocycles. The van der Waals surface area contributed by atoms with Crippen molar-refractivity contribution in [2.24, 2.45) is 0 Å². The van der Waals surface area contributed by atoms with Crippen molar-refractivity contribution in [2.75, 3.05) is 13.2 Å². The Labute approximate surface area is 137 Å². The van der Waals surface area contributed by atoms with Gasteiger partial charge in [-0.2, -0.15) is 31.6 Å². The monoisotopic (exact) mass is 368 g/mol. The molecule has 1 N–H and O–H groups in total. The van der Waals surface area contributed by atoms with Crippen LogP contribution in [0.3, 0.4) is 0 Å². The molecule has 0 fully saturated rings. The molecule has 0 unspecified atom stereocenters. The first-order valence-corrected chi connectivity index (χ1v) is 6.55. The number of nitrogens with zero attached hydrogens (tertiary/aromatic N) is 1. The van der Waals surface area contributed by atoms with Gasteiger partial charge in [-0.05, 0) is 18.2 Å². The van der Waals surface area contributed by atoms with E-state index in [9.17, 15) is 35.9 Å². The van der Waals surface area contributed by atoms with Crippen molar-refractivity contribution in [1.29, 1.82) is 5.26 Å². The molecule has 136 valence electrons. The van der Waals surface area contributed by atoms with E-state index in [0.29, 0.717) is 0 Å². The number of nitriles is 1. The van der Waals surface area contributed by atoms with E-state index in [1.54, 1.807) is 6.07 Å². The van der Waals surface area contributed by atoms with Crippen molar-refractivity contribution in [3.8, 4) is 6.07 Å². The molecule has 0 atom stereocenters. The Kier molecular flexibility index (Phi) is 6.38. The highest BCUT2D eigenvalue weighted by atomic mass is 19.4. The number of halogens is 6. The third kappa shape index (κ3) is 6.33. The normalized spacial score (nSPS) is 11.6. The lowest BCUT2D eigenvalue weighted by molar-refractivity contribution is -0.143. The summed E-state index contributed by atoms with van der Waals surface area (Å²) in [5.74, 6) is -2.38. The van der Waals surface area contributed by atoms with Crippen LogP contribution in [-0.2, 0) is 21.9 Å². The number of hydrogen-bond donors (Lipinski definition) is 1. The van der Waals surface area contributed by atoms with Gasteiger partial charge in [0.2, 0.25) is 0 Å². The Hall–Kier alpha value is -2.77. The molecule has 0 radical (unpaired) electrons. The molecule has 0 aliphatic carbocycles. The summed E-state index contributed by atoms with van der Waals surface area (Å²) in [5.41, 5.74) is -4.34. The van der Waals surface area contributed by atoms with E-state index >= 15 is 0 Å². The zero-order valence-corrected chi connectivity index (χ0v) is 12.3. The molecule has 0 heterocycles. The van der Waals surface area contributed by atoms with Gasteiger partial charge in [0.25, 0.3) is 5.91 Å². The molecule has 0 bridgehead atoms. The molecule has 0 aliphatic rings. The summed E-state index contributed by atoms with van der Waals surface area (Å²) >= 11 is 0. The summed E-state index contributed by atoms with van der Waals surface area (Å²) in [7, 11) is 0. The second-order valence-corrected chi connectivity index (χ2v) is 4.63. The first-order valence-electron chi connectivity index (χ1n) is 6.55. The lowest BCUT2D eigenvalue weighted by Gasteiger charge is -2.13. The van der Waals surface area contributed by atoms with Crippen molar-refractivity contribution < 1.29 is 40.7 Å². The standard InChI is InChI=1S/C14H10F6N2O3/c15-13(16,17)9-4-8(5-10(6-9)14(18,19)20)12(24)25-7-11(23)22-3-1-2-21/h4-6H,1,3,7H2,(H,22,23). The van der Waals surface area contributed by atoms with E-state index in [-0.39, 0.29) is 31.2 Å². The van der Waals surface area contributed by atoms with E-state index in [1.165, 1.54) is 0 Å². The van der Waals surface area contributed by atoms with Crippen molar-refractivity contribution in [2.45, 2.75) is 18.8 Å². The zero-order valence-electron chi connectivity index (χ0n) is 12.3. The molecule has 1 aromatic rings. The number of benzene rings is 1. The second kappa shape index (κ2) is 7.87. The van der Waals surface area contributed by atoms with Crippen LogP contribution in [0, 0.1) is 11.3 Å². The number of carbonyl (C=O) groups excluding carboxylic acids is 2. The van der Waals surface area contributed by atoms with Crippen LogP contribution in [0.5, 0.6) is 0 Å². The van der Waals surface area contributed by atoms with Crippen molar-refractivity contribution >= 4 is 11.9 Å². The molecule has 0 saturated heterocycles. The zero-order chi connectivity index (χ0) is 19.3. The third-order valence-electron chi connectivity index (χ3n) is 2.72. The van der Waals surface area contributed by atoms with Gasteiger partial charge in [-0.25, -0.2) is 4.79 Å². The van der Waals surface area contributed by atoms with Gasteiger partial charge in [0.1, 0.15) is 0 Å². The maximum Gasteiger partial charge on any atom is 0.416 e.